The number of nitrogens with zero attached hydrogens (tertiary/aromatic N) is 1. The minimum Gasteiger partial charge on any atom is -0.489 e. The molecule has 0 unspecified atom stereocenters. The van der Waals surface area contributed by atoms with Gasteiger partial charge in [0, 0.05) is 18.4 Å². The molecule has 2 saturated carbocycles. The van der Waals surface area contributed by atoms with Gasteiger partial charge in [-0.3, -0.25) is 0 Å². The highest BCUT2D eigenvalue weighted by molar-refractivity contribution is 8.24. The van der Waals surface area contributed by atoms with E-state index in [4.69, 9.17) is 19.0 Å². The molecule has 0 atom stereocenters. The van der Waals surface area contributed by atoms with Crippen molar-refractivity contribution in [3.8, 4) is 11.8 Å². The lowest BCUT2D eigenvalue weighted by molar-refractivity contribution is -0.140. The first-order valence-electron chi connectivity index (χ1n) is 14.0. The number of nitriles is 1. The molecule has 1 aromatic rings. The van der Waals surface area contributed by atoms with Crippen molar-refractivity contribution < 1.29 is 23.8 Å². The molecule has 1 aliphatic heterocycles. The molecule has 0 amide bonds. The van der Waals surface area contributed by atoms with Crippen molar-refractivity contribution in [2.45, 2.75) is 107 Å². The van der Waals surface area contributed by atoms with E-state index in [0.29, 0.717) is 10.7 Å². The molecule has 8 heteroatoms. The van der Waals surface area contributed by atoms with Gasteiger partial charge >= 0.3 is 5.97 Å². The van der Waals surface area contributed by atoms with Crippen molar-refractivity contribution in [2.24, 2.45) is 17.8 Å². The number of fused-ring (bicyclic) bond motifs is 1. The molecule has 0 aromatic heterocycles. The van der Waals surface area contributed by atoms with Gasteiger partial charge in [-0.05, 0) is 88.7 Å². The zero-order chi connectivity index (χ0) is 28.6. The maximum absolute atomic E-state index is 12.8. The van der Waals surface area contributed by atoms with E-state index in [-0.39, 0.29) is 23.9 Å². The summed E-state index contributed by atoms with van der Waals surface area (Å²) in [5.41, 5.74) is 0.803. The van der Waals surface area contributed by atoms with Crippen LogP contribution < -0.4 is 4.74 Å². The Bertz CT molecular complexity index is 1060. The van der Waals surface area contributed by atoms with Gasteiger partial charge in [0.15, 0.2) is 5.57 Å². The summed E-state index contributed by atoms with van der Waals surface area (Å²) in [5.74, 6) is 2.96. The van der Waals surface area contributed by atoms with Gasteiger partial charge in [-0.15, -0.1) is 0 Å². The number of hydrogen-bond acceptors (Lipinski definition) is 8. The van der Waals surface area contributed by atoms with Crippen LogP contribution >= 0.6 is 23.5 Å². The number of esters is 1. The summed E-state index contributed by atoms with van der Waals surface area (Å²) in [6.07, 6.45) is 11.1. The minimum absolute atomic E-state index is 0.0640. The minimum atomic E-state index is -0.576. The van der Waals surface area contributed by atoms with E-state index in [0.717, 1.165) is 51.7 Å². The van der Waals surface area contributed by atoms with Gasteiger partial charge in [0.25, 0.3) is 0 Å². The molecule has 2 aliphatic carbocycles. The summed E-state index contributed by atoms with van der Waals surface area (Å²) in [4.78, 5) is 22.8. The summed E-state index contributed by atoms with van der Waals surface area (Å²) in [5, 5.41) is 9.80. The SMILES string of the molecule is C=O.COC(C)(C)CCOC(=O)/C(C#N)=C1/Sc2c(C)ccc(OC3CCC(C4CCC(C)CC4)CC3)c2S1. The van der Waals surface area contributed by atoms with Crippen molar-refractivity contribution in [3.05, 3.63) is 27.5 Å². The van der Waals surface area contributed by atoms with E-state index < -0.39 is 5.97 Å². The lowest BCUT2D eigenvalue weighted by Crippen LogP contribution is -2.29. The zero-order valence-corrected chi connectivity index (χ0v) is 25.7. The van der Waals surface area contributed by atoms with E-state index in [1.165, 1.54) is 62.0 Å². The van der Waals surface area contributed by atoms with Crippen LogP contribution in [-0.4, -0.2) is 38.2 Å². The molecule has 6 nitrogen and oxygen atoms in total. The number of aryl methyl sites for hydroxylation is 1. The number of rotatable bonds is 8. The Hall–Kier alpha value is -1.95. The van der Waals surface area contributed by atoms with Gasteiger partial charge in [-0.2, -0.15) is 5.26 Å². The molecular formula is C31H43NO5S2. The first-order chi connectivity index (χ1) is 18.7. The molecule has 1 aromatic carbocycles. The molecule has 214 valence electrons. The maximum Gasteiger partial charge on any atom is 0.350 e. The molecule has 0 N–H and O–H groups in total. The third-order valence-corrected chi connectivity index (χ3v) is 11.2. The molecule has 39 heavy (non-hydrogen) atoms. The molecule has 0 bridgehead atoms. The van der Waals surface area contributed by atoms with Crippen LogP contribution in [-0.2, 0) is 19.1 Å². The predicted octanol–water partition coefficient (Wildman–Crippen LogP) is 7.87. The van der Waals surface area contributed by atoms with Gasteiger partial charge in [0.2, 0.25) is 0 Å². The third kappa shape index (κ3) is 8.28. The van der Waals surface area contributed by atoms with Crippen LogP contribution in [0.3, 0.4) is 0 Å². The maximum atomic E-state index is 12.8. The van der Waals surface area contributed by atoms with Crippen LogP contribution in [0, 0.1) is 36.0 Å². The van der Waals surface area contributed by atoms with Crippen LogP contribution in [0.2, 0.25) is 0 Å². The Morgan fingerprint density at radius 1 is 1.03 bits per heavy atom. The number of thioether (sulfide) groups is 2. The summed E-state index contributed by atoms with van der Waals surface area (Å²) >= 11 is 2.94. The van der Waals surface area contributed by atoms with E-state index in [2.05, 4.69) is 32.0 Å². The van der Waals surface area contributed by atoms with E-state index in [1.807, 2.05) is 20.6 Å². The fraction of sp³-hybridized carbons (Fsp3) is 0.645. The lowest BCUT2D eigenvalue weighted by atomic mass is 9.71. The van der Waals surface area contributed by atoms with Crippen LogP contribution in [0.4, 0.5) is 0 Å². The number of ether oxygens (including phenoxy) is 3. The van der Waals surface area contributed by atoms with E-state index in [1.54, 1.807) is 7.11 Å². The Morgan fingerprint density at radius 3 is 2.21 bits per heavy atom. The number of methoxy groups -OCH3 is 1. The number of benzene rings is 1. The topological polar surface area (TPSA) is 85.6 Å². The predicted molar refractivity (Wildman–Crippen MR) is 157 cm³/mol. The fourth-order valence-electron chi connectivity index (χ4n) is 5.62. The third-order valence-electron chi connectivity index (χ3n) is 8.41. The highest BCUT2D eigenvalue weighted by Crippen LogP contribution is 2.57. The molecule has 1 heterocycles. The smallest absolute Gasteiger partial charge is 0.350 e. The van der Waals surface area contributed by atoms with Crippen LogP contribution in [0.1, 0.15) is 84.1 Å². The van der Waals surface area contributed by atoms with Crippen LogP contribution in [0.25, 0.3) is 0 Å². The second-order valence-electron chi connectivity index (χ2n) is 11.5. The Morgan fingerprint density at radius 2 is 1.62 bits per heavy atom. The summed E-state index contributed by atoms with van der Waals surface area (Å²) in [7, 11) is 1.64. The quantitative estimate of drug-likeness (QED) is 0.176. The zero-order valence-electron chi connectivity index (χ0n) is 24.0. The summed E-state index contributed by atoms with van der Waals surface area (Å²) in [6.45, 7) is 10.5. The van der Waals surface area contributed by atoms with Gasteiger partial charge < -0.3 is 19.0 Å². The number of carbonyl (C=O) groups excluding carboxylic acids is 2. The summed E-state index contributed by atoms with van der Waals surface area (Å²) in [6, 6.07) is 6.22. The van der Waals surface area contributed by atoms with Crippen molar-refractivity contribution in [2.75, 3.05) is 13.7 Å². The fourth-order valence-corrected chi connectivity index (χ4v) is 8.26. The normalized spacial score (nSPS) is 25.9. The van der Waals surface area contributed by atoms with E-state index in [9.17, 15) is 10.1 Å². The van der Waals surface area contributed by atoms with Gasteiger partial charge in [0.05, 0.1) is 27.4 Å². The molecule has 0 radical (unpaired) electrons. The first kappa shape index (κ1) is 31.6. The summed E-state index contributed by atoms with van der Waals surface area (Å²) < 4.78 is 18.1. The molecule has 0 spiro atoms. The van der Waals surface area contributed by atoms with Crippen LogP contribution in [0.15, 0.2) is 31.7 Å². The second kappa shape index (κ2) is 14.6. The molecule has 4 rings (SSSR count). The Labute approximate surface area is 242 Å². The highest BCUT2D eigenvalue weighted by atomic mass is 32.2. The average Bonchev–Trinajstić information content (AvgIpc) is 3.39. The molecule has 0 saturated heterocycles. The average molecular weight is 574 g/mol. The Balaban J connectivity index is 0.00000205. The van der Waals surface area contributed by atoms with Crippen molar-refractivity contribution in [1.82, 2.24) is 0 Å². The molecular weight excluding hydrogens is 530 g/mol. The van der Waals surface area contributed by atoms with Gasteiger partial charge in [-0.25, -0.2) is 4.79 Å². The monoisotopic (exact) mass is 573 g/mol. The highest BCUT2D eigenvalue weighted by Gasteiger charge is 2.33. The van der Waals surface area contributed by atoms with Crippen molar-refractivity contribution >= 4 is 36.3 Å². The largest absolute Gasteiger partial charge is 0.489 e. The second-order valence-corrected chi connectivity index (χ2v) is 13.8. The molecule has 2 fully saturated rings. The van der Waals surface area contributed by atoms with Gasteiger partial charge in [0.1, 0.15) is 18.6 Å². The standard InChI is InChI=1S/C30H41NO4S2.CH2O/c1-19-6-9-21(10-7-19)22-11-13-23(14-12-22)35-25-15-8-20(2)26-27(25)37-29(36-26)24(18-31)28(32)34-17-16-30(3,4)33-5;1-2/h8,15,19,21-23H,6-7,9-14,16-17H2,1-5H3;1H2/b29-24-;. The van der Waals surface area contributed by atoms with Crippen molar-refractivity contribution in [3.63, 3.8) is 0 Å². The number of hydrogen-bond donors (Lipinski definition) is 0. The van der Waals surface area contributed by atoms with E-state index >= 15 is 0 Å². The number of carbonyl (C=O) groups is 2. The van der Waals surface area contributed by atoms with Gasteiger partial charge in [-0.1, -0.05) is 49.4 Å². The Kier molecular flexibility index (Phi) is 11.8. The first-order valence-corrected chi connectivity index (χ1v) is 15.7. The van der Waals surface area contributed by atoms with Crippen molar-refractivity contribution in [1.29, 1.82) is 5.26 Å². The molecule has 3 aliphatic rings. The van der Waals surface area contributed by atoms with Crippen LogP contribution in [0.5, 0.6) is 5.75 Å². The lowest BCUT2D eigenvalue weighted by Gasteiger charge is -2.37.